The van der Waals surface area contributed by atoms with Crippen molar-refractivity contribution in [2.24, 2.45) is 5.92 Å². The number of methoxy groups -OCH3 is 2. The number of rotatable bonds is 7. The monoisotopic (exact) mass is 264 g/mol. The molecule has 1 heterocycles. The van der Waals surface area contributed by atoms with Crippen LogP contribution in [0.2, 0.25) is 0 Å². The smallest absolute Gasteiger partial charge is 0.160 e. The van der Waals surface area contributed by atoms with Gasteiger partial charge < -0.3 is 20.1 Å². The fourth-order valence-electron chi connectivity index (χ4n) is 2.46. The standard InChI is InChI=1S/C15H24N2O2/c1-18-14-4-3-12(9-15(14)19-2)5-7-16-10-13-6-8-17-11-13/h3-4,9,13,16-17H,5-8,10-11H2,1-2H3. The summed E-state index contributed by atoms with van der Waals surface area (Å²) in [6.07, 6.45) is 2.31. The summed E-state index contributed by atoms with van der Waals surface area (Å²) in [6.45, 7) is 4.44. The van der Waals surface area contributed by atoms with E-state index in [1.54, 1.807) is 14.2 Å². The number of benzene rings is 1. The van der Waals surface area contributed by atoms with Crippen LogP contribution in [0.15, 0.2) is 18.2 Å². The Kier molecular flexibility index (Phi) is 5.48. The molecule has 2 rings (SSSR count). The highest BCUT2D eigenvalue weighted by molar-refractivity contribution is 5.42. The van der Waals surface area contributed by atoms with Crippen molar-refractivity contribution in [3.8, 4) is 11.5 Å². The maximum absolute atomic E-state index is 5.31. The second-order valence-corrected chi connectivity index (χ2v) is 5.00. The van der Waals surface area contributed by atoms with Gasteiger partial charge in [-0.1, -0.05) is 6.07 Å². The minimum atomic E-state index is 0.788. The van der Waals surface area contributed by atoms with Crippen LogP contribution in [0.4, 0.5) is 0 Å². The lowest BCUT2D eigenvalue weighted by molar-refractivity contribution is 0.354. The lowest BCUT2D eigenvalue weighted by Crippen LogP contribution is -2.26. The number of hydrogen-bond donors (Lipinski definition) is 2. The molecule has 0 saturated carbocycles. The highest BCUT2D eigenvalue weighted by Gasteiger charge is 2.13. The predicted octanol–water partition coefficient (Wildman–Crippen LogP) is 1.45. The molecule has 0 aliphatic carbocycles. The van der Waals surface area contributed by atoms with Crippen LogP contribution in [0.1, 0.15) is 12.0 Å². The van der Waals surface area contributed by atoms with E-state index in [2.05, 4.69) is 22.8 Å². The van der Waals surface area contributed by atoms with Crippen LogP contribution in [0.25, 0.3) is 0 Å². The van der Waals surface area contributed by atoms with Crippen molar-refractivity contribution in [3.63, 3.8) is 0 Å². The summed E-state index contributed by atoms with van der Waals surface area (Å²) in [5, 5.41) is 6.92. The minimum Gasteiger partial charge on any atom is -0.493 e. The normalized spacial score (nSPS) is 18.5. The average Bonchev–Trinajstić information content (AvgIpc) is 2.96. The Hall–Kier alpha value is -1.26. The van der Waals surface area contributed by atoms with E-state index in [0.717, 1.165) is 43.5 Å². The molecule has 1 fully saturated rings. The van der Waals surface area contributed by atoms with Gasteiger partial charge in [0, 0.05) is 0 Å². The van der Waals surface area contributed by atoms with Gasteiger partial charge in [0.2, 0.25) is 0 Å². The Morgan fingerprint density at radius 3 is 2.79 bits per heavy atom. The highest BCUT2D eigenvalue weighted by Crippen LogP contribution is 2.27. The molecule has 1 aromatic carbocycles. The molecule has 0 radical (unpaired) electrons. The largest absolute Gasteiger partial charge is 0.493 e. The molecule has 1 atom stereocenters. The summed E-state index contributed by atoms with van der Waals surface area (Å²) in [5.41, 5.74) is 1.27. The van der Waals surface area contributed by atoms with E-state index in [1.807, 2.05) is 6.07 Å². The maximum Gasteiger partial charge on any atom is 0.160 e. The third kappa shape index (κ3) is 4.11. The van der Waals surface area contributed by atoms with Gasteiger partial charge in [-0.3, -0.25) is 0 Å². The van der Waals surface area contributed by atoms with Crippen molar-refractivity contribution in [3.05, 3.63) is 23.8 Å². The third-order valence-electron chi connectivity index (χ3n) is 3.63. The van der Waals surface area contributed by atoms with Crippen molar-refractivity contribution >= 4 is 0 Å². The molecule has 0 bridgehead atoms. The summed E-state index contributed by atoms with van der Waals surface area (Å²) in [6, 6.07) is 6.12. The first-order chi connectivity index (χ1) is 9.33. The Labute approximate surface area is 115 Å². The number of ether oxygens (including phenoxy) is 2. The molecule has 0 aromatic heterocycles. The zero-order valence-corrected chi connectivity index (χ0v) is 11.9. The minimum absolute atomic E-state index is 0.788. The molecule has 1 aliphatic heterocycles. The third-order valence-corrected chi connectivity index (χ3v) is 3.63. The number of nitrogens with one attached hydrogen (secondary N) is 2. The molecular weight excluding hydrogens is 240 g/mol. The van der Waals surface area contributed by atoms with E-state index in [0.29, 0.717) is 0 Å². The van der Waals surface area contributed by atoms with Gasteiger partial charge in [0.25, 0.3) is 0 Å². The fraction of sp³-hybridized carbons (Fsp3) is 0.600. The maximum atomic E-state index is 5.31. The first-order valence-electron chi connectivity index (χ1n) is 6.96. The van der Waals surface area contributed by atoms with E-state index >= 15 is 0 Å². The van der Waals surface area contributed by atoms with E-state index < -0.39 is 0 Å². The van der Waals surface area contributed by atoms with Gasteiger partial charge in [-0.2, -0.15) is 0 Å². The van der Waals surface area contributed by atoms with Gasteiger partial charge in [-0.05, 0) is 62.6 Å². The van der Waals surface area contributed by atoms with E-state index in [4.69, 9.17) is 9.47 Å². The summed E-state index contributed by atoms with van der Waals surface area (Å²) < 4.78 is 10.5. The zero-order valence-electron chi connectivity index (χ0n) is 11.9. The summed E-state index contributed by atoms with van der Waals surface area (Å²) in [4.78, 5) is 0. The molecule has 2 N–H and O–H groups in total. The first kappa shape index (κ1) is 14.2. The molecule has 1 saturated heterocycles. The van der Waals surface area contributed by atoms with Gasteiger partial charge in [0.15, 0.2) is 11.5 Å². The lowest BCUT2D eigenvalue weighted by Gasteiger charge is -2.11. The summed E-state index contributed by atoms with van der Waals surface area (Å²) in [7, 11) is 3.34. The molecule has 4 nitrogen and oxygen atoms in total. The quantitative estimate of drug-likeness (QED) is 0.732. The van der Waals surface area contributed by atoms with Crippen molar-refractivity contribution in [2.75, 3.05) is 40.4 Å². The Morgan fingerprint density at radius 2 is 2.11 bits per heavy atom. The molecule has 0 amide bonds. The van der Waals surface area contributed by atoms with Crippen molar-refractivity contribution in [2.45, 2.75) is 12.8 Å². The summed E-state index contributed by atoms with van der Waals surface area (Å²) >= 11 is 0. The van der Waals surface area contributed by atoms with Crippen LogP contribution in [-0.2, 0) is 6.42 Å². The average molecular weight is 264 g/mol. The van der Waals surface area contributed by atoms with Crippen molar-refractivity contribution < 1.29 is 9.47 Å². The van der Waals surface area contributed by atoms with Gasteiger partial charge in [-0.15, -0.1) is 0 Å². The van der Waals surface area contributed by atoms with Crippen LogP contribution in [0.5, 0.6) is 11.5 Å². The van der Waals surface area contributed by atoms with Crippen LogP contribution < -0.4 is 20.1 Å². The fourth-order valence-corrected chi connectivity index (χ4v) is 2.46. The van der Waals surface area contributed by atoms with Crippen LogP contribution in [0, 0.1) is 5.92 Å². The van der Waals surface area contributed by atoms with Crippen molar-refractivity contribution in [1.82, 2.24) is 10.6 Å². The van der Waals surface area contributed by atoms with E-state index in [9.17, 15) is 0 Å². The van der Waals surface area contributed by atoms with Crippen molar-refractivity contribution in [1.29, 1.82) is 0 Å². The Morgan fingerprint density at radius 1 is 1.26 bits per heavy atom. The second kappa shape index (κ2) is 7.36. The van der Waals surface area contributed by atoms with Gasteiger partial charge in [0.05, 0.1) is 14.2 Å². The topological polar surface area (TPSA) is 42.5 Å². The Balaban J connectivity index is 1.75. The van der Waals surface area contributed by atoms with Crippen LogP contribution in [-0.4, -0.2) is 40.4 Å². The van der Waals surface area contributed by atoms with Crippen LogP contribution in [0.3, 0.4) is 0 Å². The zero-order chi connectivity index (χ0) is 13.5. The SMILES string of the molecule is COc1ccc(CCNCC2CCNC2)cc1OC. The second-order valence-electron chi connectivity index (χ2n) is 5.00. The highest BCUT2D eigenvalue weighted by atomic mass is 16.5. The molecule has 1 aliphatic rings. The molecule has 19 heavy (non-hydrogen) atoms. The van der Waals surface area contributed by atoms with Gasteiger partial charge >= 0.3 is 0 Å². The number of hydrogen-bond acceptors (Lipinski definition) is 4. The molecule has 1 unspecified atom stereocenters. The molecule has 4 heteroatoms. The van der Waals surface area contributed by atoms with Crippen LogP contribution >= 0.6 is 0 Å². The molecule has 1 aromatic rings. The first-order valence-corrected chi connectivity index (χ1v) is 6.96. The Bertz CT molecular complexity index is 390. The lowest BCUT2D eigenvalue weighted by atomic mass is 10.1. The predicted molar refractivity (Wildman–Crippen MR) is 77.1 cm³/mol. The van der Waals surface area contributed by atoms with E-state index in [-0.39, 0.29) is 0 Å². The molecule has 0 spiro atoms. The molecular formula is C15H24N2O2. The van der Waals surface area contributed by atoms with Gasteiger partial charge in [-0.25, -0.2) is 0 Å². The van der Waals surface area contributed by atoms with E-state index in [1.165, 1.54) is 18.5 Å². The molecule has 106 valence electrons. The van der Waals surface area contributed by atoms with Gasteiger partial charge in [0.1, 0.15) is 0 Å². The summed E-state index contributed by atoms with van der Waals surface area (Å²) in [5.74, 6) is 2.39.